The highest BCUT2D eigenvalue weighted by Gasteiger charge is 2.20. The third kappa shape index (κ3) is 5.22. The van der Waals surface area contributed by atoms with Crippen molar-refractivity contribution >= 4 is 34.9 Å². The molecular weight excluding hydrogens is 421 g/mol. The van der Waals surface area contributed by atoms with Gasteiger partial charge in [-0.2, -0.15) is 0 Å². The summed E-state index contributed by atoms with van der Waals surface area (Å²) in [5.74, 6) is 0. The van der Waals surface area contributed by atoms with Gasteiger partial charge in [0.2, 0.25) is 0 Å². The Labute approximate surface area is 168 Å². The fourth-order valence-electron chi connectivity index (χ4n) is 2.65. The number of para-hydroxylation sites is 1. The number of hydrogen-bond acceptors (Lipinski definition) is 3. The second kappa shape index (κ2) is 8.07. The molecule has 0 spiro atoms. The summed E-state index contributed by atoms with van der Waals surface area (Å²) in [5, 5.41) is 0.612. The summed E-state index contributed by atoms with van der Waals surface area (Å²) in [6, 6.07) is 19.6. The molecule has 0 fully saturated rings. The van der Waals surface area contributed by atoms with Crippen molar-refractivity contribution in [2.45, 2.75) is 11.1 Å². The molecule has 0 bridgehead atoms. The van der Waals surface area contributed by atoms with Crippen molar-refractivity contribution in [1.82, 2.24) is 0 Å². The second-order valence-corrected chi connectivity index (χ2v) is 9.88. The lowest BCUT2D eigenvalue weighted by Crippen LogP contribution is -2.14. The molecule has 0 aliphatic heterocycles. The van der Waals surface area contributed by atoms with Gasteiger partial charge in [0.1, 0.15) is 0 Å². The summed E-state index contributed by atoms with van der Waals surface area (Å²) in [6.45, 7) is 0. The molecule has 0 aliphatic carbocycles. The fraction of sp³-hybridized carbons (Fsp3) is 0.0526. The highest BCUT2D eigenvalue weighted by Crippen LogP contribution is 2.41. The Bertz CT molecular complexity index is 1130. The molecular formula is C19H17ClNO5PS. The van der Waals surface area contributed by atoms with Gasteiger partial charge in [-0.15, -0.1) is 0 Å². The van der Waals surface area contributed by atoms with Crippen LogP contribution in [-0.4, -0.2) is 18.2 Å². The Balaban J connectivity index is 1.86. The van der Waals surface area contributed by atoms with Gasteiger partial charge in [-0.3, -0.25) is 9.29 Å². The lowest BCUT2D eigenvalue weighted by molar-refractivity contribution is 0.372. The zero-order valence-electron chi connectivity index (χ0n) is 14.5. The van der Waals surface area contributed by atoms with Gasteiger partial charge in [0.05, 0.1) is 16.7 Å². The van der Waals surface area contributed by atoms with Crippen LogP contribution in [0.4, 0.5) is 5.69 Å². The number of sulfonamides is 1. The molecule has 3 aromatic rings. The molecule has 0 radical (unpaired) electrons. The van der Waals surface area contributed by atoms with Crippen molar-refractivity contribution in [1.29, 1.82) is 0 Å². The molecule has 0 unspecified atom stereocenters. The molecule has 0 atom stereocenters. The second-order valence-electron chi connectivity index (χ2n) is 6.12. The highest BCUT2D eigenvalue weighted by molar-refractivity contribution is 7.92. The lowest BCUT2D eigenvalue weighted by atomic mass is 10.1. The molecule has 3 rings (SSSR count). The summed E-state index contributed by atoms with van der Waals surface area (Å²) < 4.78 is 39.1. The third-order valence-corrected chi connectivity index (χ3v) is 6.37. The summed E-state index contributed by atoms with van der Waals surface area (Å²) in [6.07, 6.45) is -0.554. The minimum absolute atomic E-state index is 0.0381. The first kappa shape index (κ1) is 20.6. The van der Waals surface area contributed by atoms with Crippen LogP contribution < -0.4 is 4.72 Å². The fourth-order valence-corrected chi connectivity index (χ4v) is 4.60. The van der Waals surface area contributed by atoms with E-state index in [0.717, 1.165) is 11.1 Å². The summed E-state index contributed by atoms with van der Waals surface area (Å²) in [7, 11) is -8.26. The first-order chi connectivity index (χ1) is 13.1. The Morgan fingerprint density at radius 3 is 1.96 bits per heavy atom. The van der Waals surface area contributed by atoms with Gasteiger partial charge in [-0.25, -0.2) is 8.42 Å². The predicted octanol–water partition coefficient (Wildman–Crippen LogP) is 4.49. The monoisotopic (exact) mass is 437 g/mol. The van der Waals surface area contributed by atoms with E-state index in [4.69, 9.17) is 11.6 Å². The van der Waals surface area contributed by atoms with E-state index in [1.807, 2.05) is 12.1 Å². The topological polar surface area (TPSA) is 104 Å². The van der Waals surface area contributed by atoms with Crippen molar-refractivity contribution in [3.8, 4) is 11.1 Å². The average Bonchev–Trinajstić information content (AvgIpc) is 2.63. The molecule has 0 saturated heterocycles. The Morgan fingerprint density at radius 1 is 0.857 bits per heavy atom. The molecule has 6 nitrogen and oxygen atoms in total. The first-order valence-corrected chi connectivity index (χ1v) is 11.8. The van der Waals surface area contributed by atoms with E-state index in [9.17, 15) is 22.8 Å². The Hall–Kier alpha value is -2.15. The summed E-state index contributed by atoms with van der Waals surface area (Å²) >= 11 is 5.88. The van der Waals surface area contributed by atoms with Gasteiger partial charge in [0.25, 0.3) is 10.0 Å². The maximum Gasteiger partial charge on any atom is 0.329 e. The van der Waals surface area contributed by atoms with Gasteiger partial charge in [-0.05, 0) is 47.0 Å². The number of rotatable bonds is 6. The number of halogens is 1. The quantitative estimate of drug-likeness (QED) is 0.493. The third-order valence-electron chi connectivity index (χ3n) is 3.98. The van der Waals surface area contributed by atoms with Gasteiger partial charge < -0.3 is 9.79 Å². The van der Waals surface area contributed by atoms with Crippen LogP contribution in [0.5, 0.6) is 0 Å². The van der Waals surface area contributed by atoms with Crippen molar-refractivity contribution < 1.29 is 22.8 Å². The maximum absolute atomic E-state index is 12.7. The number of nitrogens with one attached hydrogen (secondary N) is 1. The number of anilines is 1. The van der Waals surface area contributed by atoms with E-state index in [2.05, 4.69) is 4.72 Å². The zero-order valence-corrected chi connectivity index (χ0v) is 17.0. The van der Waals surface area contributed by atoms with Crippen molar-refractivity contribution in [2.75, 3.05) is 4.72 Å². The van der Waals surface area contributed by atoms with E-state index in [1.165, 1.54) is 24.3 Å². The maximum atomic E-state index is 12.7. The van der Waals surface area contributed by atoms with Crippen LogP contribution in [0.2, 0.25) is 5.02 Å². The summed E-state index contributed by atoms with van der Waals surface area (Å²) in [4.78, 5) is 18.4. The van der Waals surface area contributed by atoms with Crippen molar-refractivity contribution in [2.24, 2.45) is 0 Å². The number of benzene rings is 3. The Kier molecular flexibility index (Phi) is 5.93. The largest absolute Gasteiger partial charge is 0.329 e. The summed E-state index contributed by atoms with van der Waals surface area (Å²) in [5.41, 5.74) is 2.08. The normalized spacial score (nSPS) is 12.0. The van der Waals surface area contributed by atoms with Crippen molar-refractivity contribution in [3.05, 3.63) is 83.4 Å². The van der Waals surface area contributed by atoms with Gasteiger partial charge >= 0.3 is 7.60 Å². The van der Waals surface area contributed by atoms with Gasteiger partial charge in [0, 0.05) is 5.02 Å². The van der Waals surface area contributed by atoms with Gasteiger partial charge in [-0.1, -0.05) is 54.1 Å². The van der Waals surface area contributed by atoms with Crippen LogP contribution >= 0.6 is 19.2 Å². The number of hydrogen-bond donors (Lipinski definition) is 3. The minimum Gasteiger partial charge on any atom is -0.324 e. The lowest BCUT2D eigenvalue weighted by Gasteiger charge is -2.13. The first-order valence-electron chi connectivity index (χ1n) is 8.15. The van der Waals surface area contributed by atoms with E-state index in [-0.39, 0.29) is 16.1 Å². The molecule has 0 aliphatic rings. The molecule has 9 heteroatoms. The van der Waals surface area contributed by atoms with Crippen LogP contribution in [0, 0.1) is 0 Å². The highest BCUT2D eigenvalue weighted by atomic mass is 35.5. The molecule has 0 aromatic heterocycles. The molecule has 28 heavy (non-hydrogen) atoms. The molecule has 3 N–H and O–H groups in total. The predicted molar refractivity (Wildman–Crippen MR) is 110 cm³/mol. The molecule has 3 aromatic carbocycles. The van der Waals surface area contributed by atoms with E-state index in [0.29, 0.717) is 5.02 Å². The standard InChI is InChI=1S/C19H17ClNO5PS/c20-17-9-5-14(6-10-17)15-7-11-18(12-8-15)28(25,26)21-19-4-2-1-3-16(19)13-27(22,23)24/h1-12,21H,13H2,(H2,22,23,24). The SMILES string of the molecule is O=P(O)(O)Cc1ccccc1NS(=O)(=O)c1ccc(-c2ccc(Cl)cc2)cc1. The van der Waals surface area contributed by atoms with Crippen LogP contribution in [-0.2, 0) is 20.8 Å². The van der Waals surface area contributed by atoms with Crippen LogP contribution in [0.25, 0.3) is 11.1 Å². The van der Waals surface area contributed by atoms with E-state index >= 15 is 0 Å². The molecule has 0 saturated carbocycles. The molecule has 146 valence electrons. The van der Waals surface area contributed by atoms with Crippen LogP contribution in [0.15, 0.2) is 77.7 Å². The zero-order chi connectivity index (χ0) is 20.4. The smallest absolute Gasteiger partial charge is 0.324 e. The average molecular weight is 438 g/mol. The Morgan fingerprint density at radius 2 is 1.39 bits per heavy atom. The minimum atomic E-state index is -4.34. The van der Waals surface area contributed by atoms with E-state index < -0.39 is 23.8 Å². The van der Waals surface area contributed by atoms with Crippen LogP contribution in [0.3, 0.4) is 0 Å². The van der Waals surface area contributed by atoms with Crippen LogP contribution in [0.1, 0.15) is 5.56 Å². The molecule has 0 amide bonds. The molecule has 0 heterocycles. The van der Waals surface area contributed by atoms with E-state index in [1.54, 1.807) is 36.4 Å². The van der Waals surface area contributed by atoms with Crippen molar-refractivity contribution in [3.63, 3.8) is 0 Å². The van der Waals surface area contributed by atoms with Gasteiger partial charge in [0.15, 0.2) is 0 Å².